The van der Waals surface area contributed by atoms with Crippen LogP contribution in [0.25, 0.3) is 6.08 Å². The van der Waals surface area contributed by atoms with Gasteiger partial charge in [0.15, 0.2) is 0 Å². The molecule has 4 N–H and O–H groups in total. The quantitative estimate of drug-likeness (QED) is 0.530. The highest BCUT2D eigenvalue weighted by Crippen LogP contribution is 2.10. The fourth-order valence-corrected chi connectivity index (χ4v) is 0.983. The van der Waals surface area contributed by atoms with Crippen LogP contribution in [0.15, 0.2) is 35.4 Å². The van der Waals surface area contributed by atoms with E-state index in [1.165, 1.54) is 0 Å². The van der Waals surface area contributed by atoms with Crippen LogP contribution in [0, 0.1) is 0 Å². The molecular weight excluding hydrogens is 206 g/mol. The van der Waals surface area contributed by atoms with Gasteiger partial charge in [-0.2, -0.15) is 5.10 Å². The summed E-state index contributed by atoms with van der Waals surface area (Å²) in [6.07, 6.45) is 3.53. The van der Waals surface area contributed by atoms with Gasteiger partial charge in [-0.1, -0.05) is 18.2 Å². The van der Waals surface area contributed by atoms with Gasteiger partial charge < -0.3 is 10.8 Å². The summed E-state index contributed by atoms with van der Waals surface area (Å²) in [4.78, 5) is 10.4. The third-order valence-electron chi connectivity index (χ3n) is 1.75. The highest BCUT2D eigenvalue weighted by molar-refractivity contribution is 5.96. The number of carbonyl (C=O) groups excluding carboxylic acids is 1. The number of allylic oxidation sites excluding steroid dienone is 1. The van der Waals surface area contributed by atoms with Crippen LogP contribution in [-0.4, -0.2) is 16.8 Å². The first-order chi connectivity index (χ1) is 7.58. The van der Waals surface area contributed by atoms with E-state index in [2.05, 4.69) is 10.5 Å². The topological polar surface area (TPSA) is 87.7 Å². The number of nitrogens with one attached hydrogen (secondary N) is 1. The highest BCUT2D eigenvalue weighted by atomic mass is 16.3. The lowest BCUT2D eigenvalue weighted by molar-refractivity contribution is 0.249. The zero-order valence-corrected chi connectivity index (χ0v) is 8.84. The molecule has 0 aliphatic heterocycles. The molecule has 16 heavy (non-hydrogen) atoms. The molecule has 1 aromatic carbocycles. The summed E-state index contributed by atoms with van der Waals surface area (Å²) in [6, 6.07) is 6.01. The molecule has 0 saturated carbocycles. The van der Waals surface area contributed by atoms with Crippen molar-refractivity contribution in [3.63, 3.8) is 0 Å². The number of primary amides is 1. The number of hydrazone groups is 1. The minimum absolute atomic E-state index is 0.220. The van der Waals surface area contributed by atoms with Crippen molar-refractivity contribution >= 4 is 17.8 Å². The van der Waals surface area contributed by atoms with Crippen LogP contribution in [0.1, 0.15) is 12.5 Å². The number of urea groups is 1. The monoisotopic (exact) mass is 219 g/mol. The van der Waals surface area contributed by atoms with Crippen LogP contribution in [-0.2, 0) is 0 Å². The molecule has 0 radical (unpaired) electrons. The van der Waals surface area contributed by atoms with Crippen LogP contribution in [0.2, 0.25) is 0 Å². The molecule has 0 aliphatic rings. The summed E-state index contributed by atoms with van der Waals surface area (Å²) >= 11 is 0. The van der Waals surface area contributed by atoms with Crippen LogP contribution in [0.3, 0.4) is 0 Å². The standard InChI is InChI=1S/C11H13N3O2/c1-8(13-14-11(12)16)2-3-9-4-6-10(15)7-5-9/h2-7,15H,1H3,(H3,12,14,16)/b3-2+,13-8+. The van der Waals surface area contributed by atoms with Gasteiger partial charge in [-0.3, -0.25) is 0 Å². The summed E-state index contributed by atoms with van der Waals surface area (Å²) in [5, 5.41) is 12.8. The van der Waals surface area contributed by atoms with Crippen molar-refractivity contribution in [2.45, 2.75) is 6.92 Å². The molecule has 2 amide bonds. The molecule has 0 heterocycles. The largest absolute Gasteiger partial charge is 0.508 e. The molecule has 0 aromatic heterocycles. The molecule has 0 aliphatic carbocycles. The Bertz CT molecular complexity index is 421. The van der Waals surface area contributed by atoms with E-state index < -0.39 is 6.03 Å². The highest BCUT2D eigenvalue weighted by Gasteiger charge is 1.90. The molecule has 0 spiro atoms. The molecule has 0 unspecified atom stereocenters. The maximum absolute atomic E-state index is 10.4. The zero-order chi connectivity index (χ0) is 12.0. The zero-order valence-electron chi connectivity index (χ0n) is 8.84. The molecule has 5 heteroatoms. The lowest BCUT2D eigenvalue weighted by atomic mass is 10.2. The third-order valence-corrected chi connectivity index (χ3v) is 1.75. The number of amides is 2. The first-order valence-corrected chi connectivity index (χ1v) is 4.65. The minimum Gasteiger partial charge on any atom is -0.508 e. The predicted molar refractivity (Wildman–Crippen MR) is 63.0 cm³/mol. The number of hydrogen-bond donors (Lipinski definition) is 3. The lowest BCUT2D eigenvalue weighted by Gasteiger charge is -1.95. The van der Waals surface area contributed by atoms with Crippen molar-refractivity contribution in [3.8, 4) is 5.75 Å². The van der Waals surface area contributed by atoms with Gasteiger partial charge >= 0.3 is 6.03 Å². The molecule has 1 aromatic rings. The number of phenolic OH excluding ortho intramolecular Hbond substituents is 1. The van der Waals surface area contributed by atoms with E-state index in [4.69, 9.17) is 10.8 Å². The van der Waals surface area contributed by atoms with Gasteiger partial charge in [-0.25, -0.2) is 10.2 Å². The fourth-order valence-electron chi connectivity index (χ4n) is 0.983. The number of phenols is 1. The average Bonchev–Trinajstić information content (AvgIpc) is 2.25. The number of rotatable bonds is 3. The van der Waals surface area contributed by atoms with E-state index in [0.717, 1.165) is 5.56 Å². The first-order valence-electron chi connectivity index (χ1n) is 4.65. The number of aromatic hydroxyl groups is 1. The maximum atomic E-state index is 10.4. The first kappa shape index (κ1) is 11.8. The molecule has 84 valence electrons. The number of hydrogen-bond acceptors (Lipinski definition) is 3. The van der Waals surface area contributed by atoms with E-state index in [-0.39, 0.29) is 5.75 Å². The van der Waals surface area contributed by atoms with E-state index in [1.54, 1.807) is 43.3 Å². The Morgan fingerprint density at radius 2 is 2.06 bits per heavy atom. The van der Waals surface area contributed by atoms with Crippen molar-refractivity contribution in [1.82, 2.24) is 5.43 Å². The van der Waals surface area contributed by atoms with Crippen molar-refractivity contribution in [3.05, 3.63) is 35.9 Å². The third kappa shape index (κ3) is 4.28. The second-order valence-corrected chi connectivity index (χ2v) is 3.15. The number of benzene rings is 1. The summed E-state index contributed by atoms with van der Waals surface area (Å²) in [7, 11) is 0. The van der Waals surface area contributed by atoms with E-state index in [9.17, 15) is 4.79 Å². The number of nitrogens with zero attached hydrogens (tertiary/aromatic N) is 1. The van der Waals surface area contributed by atoms with Crippen LogP contribution in [0.5, 0.6) is 5.75 Å². The molecule has 1 rings (SSSR count). The molecule has 0 atom stereocenters. The van der Waals surface area contributed by atoms with Gasteiger partial charge in [0.2, 0.25) is 0 Å². The normalized spacial score (nSPS) is 11.7. The van der Waals surface area contributed by atoms with Crippen LogP contribution >= 0.6 is 0 Å². The Morgan fingerprint density at radius 3 is 2.62 bits per heavy atom. The second-order valence-electron chi connectivity index (χ2n) is 3.15. The Hall–Kier alpha value is -2.30. The van der Waals surface area contributed by atoms with Crippen molar-refractivity contribution in [1.29, 1.82) is 0 Å². The molecule has 0 bridgehead atoms. The predicted octanol–water partition coefficient (Wildman–Crippen LogP) is 1.45. The Kier molecular flexibility index (Phi) is 4.08. The van der Waals surface area contributed by atoms with Crippen molar-refractivity contribution < 1.29 is 9.90 Å². The molecule has 0 saturated heterocycles. The lowest BCUT2D eigenvalue weighted by Crippen LogP contribution is -2.25. The van der Waals surface area contributed by atoms with E-state index in [0.29, 0.717) is 5.71 Å². The Morgan fingerprint density at radius 1 is 1.44 bits per heavy atom. The summed E-state index contributed by atoms with van der Waals surface area (Å²) < 4.78 is 0. The molecule has 5 nitrogen and oxygen atoms in total. The van der Waals surface area contributed by atoms with Crippen LogP contribution < -0.4 is 11.2 Å². The van der Waals surface area contributed by atoms with Gasteiger partial charge in [0, 0.05) is 0 Å². The van der Waals surface area contributed by atoms with E-state index >= 15 is 0 Å². The van der Waals surface area contributed by atoms with E-state index in [1.807, 2.05) is 0 Å². The van der Waals surface area contributed by atoms with Gasteiger partial charge in [-0.05, 0) is 30.7 Å². The van der Waals surface area contributed by atoms with Crippen LogP contribution in [0.4, 0.5) is 4.79 Å². The number of nitrogens with two attached hydrogens (primary N) is 1. The van der Waals surface area contributed by atoms with Gasteiger partial charge in [0.25, 0.3) is 0 Å². The smallest absolute Gasteiger partial charge is 0.332 e. The fraction of sp³-hybridized carbons (Fsp3) is 0.0909. The molecule has 0 fully saturated rings. The molecular formula is C11H13N3O2. The summed E-state index contributed by atoms with van der Waals surface area (Å²) in [5.74, 6) is 0.220. The van der Waals surface area contributed by atoms with Crippen molar-refractivity contribution in [2.75, 3.05) is 0 Å². The van der Waals surface area contributed by atoms with Crippen molar-refractivity contribution in [2.24, 2.45) is 10.8 Å². The summed E-state index contributed by atoms with van der Waals surface area (Å²) in [5.41, 5.74) is 8.52. The SMILES string of the molecule is CC(/C=C/c1ccc(O)cc1)=N\NC(N)=O. The van der Waals surface area contributed by atoms with Gasteiger partial charge in [0.05, 0.1) is 5.71 Å². The number of carbonyl (C=O) groups is 1. The average molecular weight is 219 g/mol. The minimum atomic E-state index is -0.697. The Balaban J connectivity index is 2.62. The summed E-state index contributed by atoms with van der Waals surface area (Å²) in [6.45, 7) is 1.73. The maximum Gasteiger partial charge on any atom is 0.332 e. The second kappa shape index (κ2) is 5.55. The van der Waals surface area contributed by atoms with Gasteiger partial charge in [0.1, 0.15) is 5.75 Å². The van der Waals surface area contributed by atoms with Gasteiger partial charge in [-0.15, -0.1) is 0 Å². The Labute approximate surface area is 93.3 Å².